The Kier molecular flexibility index (Phi) is 10.2. The predicted octanol–water partition coefficient (Wildman–Crippen LogP) is 6.81. The lowest BCUT2D eigenvalue weighted by atomic mass is 9.68. The Balaban J connectivity index is 1.24. The van der Waals surface area contributed by atoms with E-state index in [-0.39, 0.29) is 11.3 Å². The number of piperidine rings is 1. The fourth-order valence-electron chi connectivity index (χ4n) is 7.10. The summed E-state index contributed by atoms with van der Waals surface area (Å²) in [6.45, 7) is 11.6. The van der Waals surface area contributed by atoms with Crippen molar-refractivity contribution in [1.82, 2.24) is 15.5 Å². The Labute approximate surface area is 268 Å². The number of hydrogen-bond acceptors (Lipinski definition) is 5. The molecule has 2 aliphatic rings. The van der Waals surface area contributed by atoms with E-state index in [1.165, 1.54) is 23.8 Å². The molecule has 1 saturated heterocycles. The first-order chi connectivity index (χ1) is 21.7. The van der Waals surface area contributed by atoms with Gasteiger partial charge in [0.25, 0.3) is 0 Å². The molecule has 45 heavy (non-hydrogen) atoms. The first kappa shape index (κ1) is 32.2. The van der Waals surface area contributed by atoms with Gasteiger partial charge >= 0.3 is 5.97 Å². The van der Waals surface area contributed by atoms with Crippen LogP contribution in [-0.4, -0.2) is 50.1 Å². The number of carbonyl (C=O) groups is 2. The van der Waals surface area contributed by atoms with E-state index in [2.05, 4.69) is 102 Å². The van der Waals surface area contributed by atoms with Crippen LogP contribution in [0.5, 0.6) is 0 Å². The smallest absolute Gasteiger partial charge is 0.336 e. The maximum Gasteiger partial charge on any atom is 0.336 e. The molecule has 0 saturated carbocycles. The topological polar surface area (TPSA) is 70.7 Å². The quantitative estimate of drug-likeness (QED) is 0.196. The van der Waals surface area contributed by atoms with Gasteiger partial charge < -0.3 is 20.3 Å². The summed E-state index contributed by atoms with van der Waals surface area (Å²) in [5.41, 5.74) is 7.41. The minimum atomic E-state index is -0.508. The van der Waals surface area contributed by atoms with E-state index in [0.717, 1.165) is 50.2 Å². The first-order valence-electron chi connectivity index (χ1n) is 16.2. The molecule has 236 valence electrons. The van der Waals surface area contributed by atoms with Crippen LogP contribution in [0.25, 0.3) is 0 Å². The molecule has 0 aliphatic carbocycles. The van der Waals surface area contributed by atoms with Gasteiger partial charge in [0, 0.05) is 28.9 Å². The third-order valence-corrected chi connectivity index (χ3v) is 9.65. The summed E-state index contributed by atoms with van der Waals surface area (Å²) in [4.78, 5) is 29.3. The number of hydrogen-bond donors (Lipinski definition) is 2. The minimum Gasteiger partial charge on any atom is -0.466 e. The Bertz CT molecular complexity index is 1490. The highest BCUT2D eigenvalue weighted by Crippen LogP contribution is 2.42. The Morgan fingerprint density at radius 3 is 1.96 bits per heavy atom. The van der Waals surface area contributed by atoms with E-state index < -0.39 is 11.9 Å². The number of likely N-dealkylation sites (tertiary alicyclic amines) is 1. The Morgan fingerprint density at radius 2 is 1.42 bits per heavy atom. The van der Waals surface area contributed by atoms with Crippen LogP contribution in [0, 0.1) is 0 Å². The Hall–Kier alpha value is -4.16. The van der Waals surface area contributed by atoms with Gasteiger partial charge in [0.2, 0.25) is 5.91 Å². The highest BCUT2D eigenvalue weighted by atomic mass is 16.5. The second-order valence-corrected chi connectivity index (χ2v) is 12.7. The molecule has 1 fully saturated rings. The van der Waals surface area contributed by atoms with E-state index >= 15 is 0 Å². The van der Waals surface area contributed by atoms with Gasteiger partial charge in [0.15, 0.2) is 0 Å². The molecule has 6 nitrogen and oxygen atoms in total. The van der Waals surface area contributed by atoms with Gasteiger partial charge in [0.1, 0.15) is 0 Å². The largest absolute Gasteiger partial charge is 0.466 e. The van der Waals surface area contributed by atoms with Crippen LogP contribution >= 0.6 is 0 Å². The van der Waals surface area contributed by atoms with Crippen LogP contribution in [0.3, 0.4) is 0 Å². The van der Waals surface area contributed by atoms with Crippen molar-refractivity contribution in [2.45, 2.75) is 64.2 Å². The lowest BCUT2D eigenvalue weighted by Crippen LogP contribution is -2.44. The fraction of sp³-hybridized carbons (Fsp3) is 0.385. The monoisotopic (exact) mass is 605 g/mol. The summed E-state index contributed by atoms with van der Waals surface area (Å²) in [6, 6.07) is 30.0. The average molecular weight is 606 g/mol. The summed E-state index contributed by atoms with van der Waals surface area (Å²) in [7, 11) is 1.39. The number of esters is 1. The maximum atomic E-state index is 13.8. The number of nitrogens with one attached hydrogen (secondary N) is 2. The van der Waals surface area contributed by atoms with Crippen LogP contribution in [0.1, 0.15) is 81.0 Å². The third-order valence-electron chi connectivity index (χ3n) is 9.65. The summed E-state index contributed by atoms with van der Waals surface area (Å²) in [6.07, 6.45) is 2.97. The van der Waals surface area contributed by atoms with Crippen molar-refractivity contribution in [3.8, 4) is 0 Å². The Morgan fingerprint density at radius 1 is 0.867 bits per heavy atom. The molecule has 2 N–H and O–H groups in total. The van der Waals surface area contributed by atoms with E-state index in [9.17, 15) is 9.59 Å². The first-order valence-corrected chi connectivity index (χ1v) is 16.2. The summed E-state index contributed by atoms with van der Waals surface area (Å²) in [5.74, 6) is -0.704. The zero-order valence-electron chi connectivity index (χ0n) is 27.4. The number of carbonyl (C=O) groups excluding carboxylic acids is 2. The fourth-order valence-corrected chi connectivity index (χ4v) is 7.10. The summed E-state index contributed by atoms with van der Waals surface area (Å²) >= 11 is 0. The van der Waals surface area contributed by atoms with Crippen LogP contribution in [-0.2, 0) is 19.7 Å². The number of amides is 1. The lowest BCUT2D eigenvalue weighted by Gasteiger charge is -2.43. The SMILES string of the molecule is COC(=O)C1=C(C)NC(C)=C(C(=O)NCCCN2CCC(c3ccccc3)(c3ccccc3)CC2)C1c1ccc(C(C)C)cc1. The van der Waals surface area contributed by atoms with E-state index in [0.29, 0.717) is 29.3 Å². The summed E-state index contributed by atoms with van der Waals surface area (Å²) in [5, 5.41) is 6.44. The molecule has 0 bridgehead atoms. The maximum absolute atomic E-state index is 13.8. The van der Waals surface area contributed by atoms with Crippen molar-refractivity contribution in [2.75, 3.05) is 33.3 Å². The molecule has 6 heteroatoms. The normalized spacial score (nSPS) is 18.5. The van der Waals surface area contributed by atoms with E-state index in [1.54, 1.807) is 0 Å². The van der Waals surface area contributed by atoms with E-state index in [1.807, 2.05) is 26.0 Å². The van der Waals surface area contributed by atoms with Crippen molar-refractivity contribution < 1.29 is 14.3 Å². The number of allylic oxidation sites excluding steroid dienone is 2. The van der Waals surface area contributed by atoms with Crippen molar-refractivity contribution in [3.05, 3.63) is 130 Å². The van der Waals surface area contributed by atoms with Crippen molar-refractivity contribution in [1.29, 1.82) is 0 Å². The number of ether oxygens (including phenoxy) is 1. The molecule has 1 unspecified atom stereocenters. The number of rotatable bonds is 10. The zero-order chi connectivity index (χ0) is 32.0. The van der Waals surface area contributed by atoms with E-state index in [4.69, 9.17) is 4.74 Å². The third kappa shape index (κ3) is 6.91. The molecular formula is C39H47N3O3. The van der Waals surface area contributed by atoms with Crippen LogP contribution in [0.4, 0.5) is 0 Å². The molecule has 2 heterocycles. The molecule has 0 aromatic heterocycles. The second kappa shape index (κ2) is 14.3. The van der Waals surface area contributed by atoms with Gasteiger partial charge in [-0.05, 0) is 80.9 Å². The number of benzene rings is 3. The molecule has 1 atom stereocenters. The second-order valence-electron chi connectivity index (χ2n) is 12.7. The van der Waals surface area contributed by atoms with Gasteiger partial charge in [-0.2, -0.15) is 0 Å². The van der Waals surface area contributed by atoms with Gasteiger partial charge in [0.05, 0.1) is 18.6 Å². The molecule has 1 amide bonds. The highest BCUT2D eigenvalue weighted by molar-refractivity contribution is 6.02. The molecule has 3 aromatic carbocycles. The van der Waals surface area contributed by atoms with Crippen molar-refractivity contribution in [3.63, 3.8) is 0 Å². The minimum absolute atomic E-state index is 0.0244. The predicted molar refractivity (Wildman–Crippen MR) is 181 cm³/mol. The molecule has 3 aromatic rings. The molecule has 2 aliphatic heterocycles. The molecule has 0 radical (unpaired) electrons. The molecule has 0 spiro atoms. The molecule has 5 rings (SSSR count). The number of dihydropyridines is 1. The summed E-state index contributed by atoms with van der Waals surface area (Å²) < 4.78 is 5.18. The molecular weight excluding hydrogens is 558 g/mol. The highest BCUT2D eigenvalue weighted by Gasteiger charge is 2.38. The number of nitrogens with zero attached hydrogens (tertiary/aromatic N) is 1. The number of methoxy groups -OCH3 is 1. The van der Waals surface area contributed by atoms with Gasteiger partial charge in [-0.1, -0.05) is 98.8 Å². The van der Waals surface area contributed by atoms with Crippen molar-refractivity contribution in [2.24, 2.45) is 0 Å². The van der Waals surface area contributed by atoms with Crippen LogP contribution < -0.4 is 10.6 Å². The van der Waals surface area contributed by atoms with Gasteiger partial charge in [-0.15, -0.1) is 0 Å². The van der Waals surface area contributed by atoms with Gasteiger partial charge in [-0.3, -0.25) is 4.79 Å². The van der Waals surface area contributed by atoms with Crippen LogP contribution in [0.2, 0.25) is 0 Å². The van der Waals surface area contributed by atoms with Crippen LogP contribution in [0.15, 0.2) is 107 Å². The zero-order valence-corrected chi connectivity index (χ0v) is 27.4. The standard InChI is InChI=1S/C39H47N3O3/c1-27(2)30-17-19-31(20-18-30)36-34(28(3)41-29(4)35(36)38(44)45-5)37(43)40-23-12-24-42-25-21-39(22-26-42,32-13-8-6-9-14-32)33-15-10-7-11-16-33/h6-11,13-20,27,36,41H,12,21-26H2,1-5H3,(H,40,43). The van der Waals surface area contributed by atoms with Gasteiger partial charge in [-0.25, -0.2) is 4.79 Å². The van der Waals surface area contributed by atoms with Crippen molar-refractivity contribution >= 4 is 11.9 Å². The average Bonchev–Trinajstić information content (AvgIpc) is 3.07. The lowest BCUT2D eigenvalue weighted by molar-refractivity contribution is -0.136.